The Kier molecular flexibility index (Phi) is 4.93. The summed E-state index contributed by atoms with van der Waals surface area (Å²) < 4.78 is 29.3. The highest BCUT2D eigenvalue weighted by atomic mass is 35.5. The van der Waals surface area contributed by atoms with Gasteiger partial charge in [-0.25, -0.2) is 13.6 Å². The van der Waals surface area contributed by atoms with Crippen molar-refractivity contribution in [3.05, 3.63) is 93.5 Å². The quantitative estimate of drug-likeness (QED) is 0.623. The first-order valence-corrected chi connectivity index (χ1v) is 10.7. The molecule has 4 rings (SSSR count). The smallest absolute Gasteiger partial charge is 0.238 e. The van der Waals surface area contributed by atoms with Crippen molar-refractivity contribution < 1.29 is 13.2 Å². The molecule has 7 heteroatoms. The molecule has 1 aliphatic heterocycles. The number of rotatable bonds is 3. The van der Waals surface area contributed by atoms with Gasteiger partial charge < -0.3 is 4.74 Å². The summed E-state index contributed by atoms with van der Waals surface area (Å²) in [6.45, 7) is 0. The lowest BCUT2D eigenvalue weighted by molar-refractivity contribution is 0.502. The van der Waals surface area contributed by atoms with Gasteiger partial charge in [-0.05, 0) is 48.0 Å². The highest BCUT2D eigenvalue weighted by molar-refractivity contribution is 7.89. The molecule has 0 unspecified atom stereocenters. The fourth-order valence-corrected chi connectivity index (χ4v) is 4.35. The van der Waals surface area contributed by atoms with Crippen molar-refractivity contribution in [3.8, 4) is 5.75 Å². The van der Waals surface area contributed by atoms with Crippen LogP contribution >= 0.6 is 23.2 Å². The summed E-state index contributed by atoms with van der Waals surface area (Å²) in [6.07, 6.45) is 0.575. The minimum absolute atomic E-state index is 0.0328. The Hall–Kier alpha value is -2.31. The van der Waals surface area contributed by atoms with Crippen molar-refractivity contribution in [2.45, 2.75) is 11.3 Å². The van der Waals surface area contributed by atoms with Gasteiger partial charge in [0.1, 0.15) is 11.5 Å². The van der Waals surface area contributed by atoms with Crippen LogP contribution in [0.3, 0.4) is 0 Å². The Morgan fingerprint density at radius 3 is 2.14 bits per heavy atom. The fourth-order valence-electron chi connectivity index (χ4n) is 3.21. The number of para-hydroxylation sites is 1. The zero-order valence-corrected chi connectivity index (χ0v) is 16.9. The number of benzene rings is 3. The van der Waals surface area contributed by atoms with E-state index in [1.54, 1.807) is 30.3 Å². The molecule has 0 saturated heterocycles. The number of hydrogen-bond acceptors (Lipinski definition) is 3. The molecule has 3 aromatic carbocycles. The molecule has 0 aliphatic carbocycles. The second kappa shape index (κ2) is 7.26. The Labute approximate surface area is 173 Å². The number of hydrogen-bond donors (Lipinski definition) is 1. The van der Waals surface area contributed by atoms with Gasteiger partial charge in [0.25, 0.3) is 0 Å². The van der Waals surface area contributed by atoms with E-state index in [9.17, 15) is 8.42 Å². The lowest BCUT2D eigenvalue weighted by Crippen LogP contribution is -2.13. The normalized spacial score (nSPS) is 13.8. The molecule has 28 heavy (non-hydrogen) atoms. The van der Waals surface area contributed by atoms with Gasteiger partial charge in [-0.15, -0.1) is 0 Å². The predicted octanol–water partition coefficient (Wildman–Crippen LogP) is 5.14. The van der Waals surface area contributed by atoms with Crippen LogP contribution in [0.25, 0.3) is 11.3 Å². The molecule has 0 spiro atoms. The summed E-state index contributed by atoms with van der Waals surface area (Å²) in [6, 6.07) is 19.3. The molecule has 1 heterocycles. The lowest BCUT2D eigenvalue weighted by Gasteiger charge is -2.25. The third-order valence-corrected chi connectivity index (χ3v) is 6.09. The van der Waals surface area contributed by atoms with Crippen LogP contribution < -0.4 is 9.88 Å². The van der Waals surface area contributed by atoms with Gasteiger partial charge in [-0.1, -0.05) is 47.5 Å². The number of nitrogens with two attached hydrogens (primary N) is 1. The number of fused-ring (bicyclic) bond motifs is 1. The van der Waals surface area contributed by atoms with Gasteiger partial charge >= 0.3 is 0 Å². The van der Waals surface area contributed by atoms with E-state index < -0.39 is 10.0 Å². The maximum Gasteiger partial charge on any atom is 0.238 e. The van der Waals surface area contributed by atoms with Crippen LogP contribution in [0.4, 0.5) is 0 Å². The topological polar surface area (TPSA) is 69.4 Å². The third-order valence-electron chi connectivity index (χ3n) is 4.54. The van der Waals surface area contributed by atoms with Crippen molar-refractivity contribution in [3.63, 3.8) is 0 Å². The van der Waals surface area contributed by atoms with Crippen LogP contribution in [-0.4, -0.2) is 8.42 Å². The van der Waals surface area contributed by atoms with Gasteiger partial charge in [0.2, 0.25) is 10.0 Å². The molecule has 1 aliphatic rings. The maximum absolute atomic E-state index is 11.6. The number of sulfonamides is 1. The molecule has 0 aromatic heterocycles. The Morgan fingerprint density at radius 2 is 1.50 bits per heavy atom. The molecule has 0 bridgehead atoms. The number of halogens is 2. The summed E-state index contributed by atoms with van der Waals surface area (Å²) in [7, 11) is -3.78. The Morgan fingerprint density at radius 1 is 0.857 bits per heavy atom. The summed E-state index contributed by atoms with van der Waals surface area (Å²) in [5.74, 6) is 1.31. The lowest BCUT2D eigenvalue weighted by atomic mass is 9.92. The SMILES string of the molecule is NS(=O)(=O)c1ccc(C2=C(c3c(Cl)cccc3Cl)Cc3ccccc3O2)cc1. The van der Waals surface area contributed by atoms with Crippen LogP contribution in [-0.2, 0) is 16.4 Å². The number of ether oxygens (including phenoxy) is 1. The molecule has 0 radical (unpaired) electrons. The second-order valence-corrected chi connectivity index (χ2v) is 8.74. The molecular formula is C21H15Cl2NO3S. The van der Waals surface area contributed by atoms with E-state index in [2.05, 4.69) is 0 Å². The average Bonchev–Trinajstić information content (AvgIpc) is 2.67. The summed E-state index contributed by atoms with van der Waals surface area (Å²) in [5, 5.41) is 6.24. The first-order valence-electron chi connectivity index (χ1n) is 8.41. The Bertz CT molecular complexity index is 1180. The van der Waals surface area contributed by atoms with E-state index in [0.717, 1.165) is 16.9 Å². The first-order chi connectivity index (χ1) is 13.3. The van der Waals surface area contributed by atoms with Gasteiger partial charge in [-0.3, -0.25) is 0 Å². The van der Waals surface area contributed by atoms with Crippen molar-refractivity contribution in [2.75, 3.05) is 0 Å². The average molecular weight is 432 g/mol. The van der Waals surface area contributed by atoms with E-state index in [-0.39, 0.29) is 4.90 Å². The molecule has 0 amide bonds. The van der Waals surface area contributed by atoms with Crippen molar-refractivity contribution in [1.29, 1.82) is 0 Å². The number of primary sulfonamides is 1. The van der Waals surface area contributed by atoms with Crippen LogP contribution in [0.1, 0.15) is 16.7 Å². The van der Waals surface area contributed by atoms with Gasteiger partial charge in [-0.2, -0.15) is 0 Å². The standard InChI is InChI=1S/C21H15Cl2NO3S/c22-17-5-3-6-18(23)20(17)16-12-14-4-1-2-7-19(14)27-21(16)13-8-10-15(11-9-13)28(24,25)26/h1-11H,12H2,(H2,24,25,26). The highest BCUT2D eigenvalue weighted by Crippen LogP contribution is 2.43. The molecule has 2 N–H and O–H groups in total. The molecule has 3 aromatic rings. The maximum atomic E-state index is 11.6. The largest absolute Gasteiger partial charge is 0.456 e. The summed E-state index contributed by atoms with van der Waals surface area (Å²) >= 11 is 12.9. The summed E-state index contributed by atoms with van der Waals surface area (Å²) in [5.41, 5.74) is 3.25. The van der Waals surface area contributed by atoms with E-state index >= 15 is 0 Å². The zero-order valence-electron chi connectivity index (χ0n) is 14.5. The molecule has 0 fully saturated rings. The van der Waals surface area contributed by atoms with Gasteiger partial charge in [0, 0.05) is 33.2 Å². The third kappa shape index (κ3) is 3.54. The molecule has 0 saturated carbocycles. The van der Waals surface area contributed by atoms with Crippen LogP contribution in [0.5, 0.6) is 5.75 Å². The van der Waals surface area contributed by atoms with E-state index in [1.807, 2.05) is 24.3 Å². The monoisotopic (exact) mass is 431 g/mol. The Balaban J connectivity index is 1.92. The zero-order chi connectivity index (χ0) is 19.9. The predicted molar refractivity (Wildman–Crippen MR) is 112 cm³/mol. The molecule has 0 atom stereocenters. The second-order valence-electron chi connectivity index (χ2n) is 6.36. The molecular weight excluding hydrogens is 417 g/mol. The van der Waals surface area contributed by atoms with Gasteiger partial charge in [0.15, 0.2) is 0 Å². The molecule has 142 valence electrons. The number of allylic oxidation sites excluding steroid dienone is 1. The van der Waals surface area contributed by atoms with Gasteiger partial charge in [0.05, 0.1) is 4.90 Å². The highest BCUT2D eigenvalue weighted by Gasteiger charge is 2.25. The van der Waals surface area contributed by atoms with Crippen molar-refractivity contribution in [1.82, 2.24) is 0 Å². The first kappa shape index (κ1) is 19.0. The van der Waals surface area contributed by atoms with Crippen LogP contribution in [0.2, 0.25) is 10.0 Å². The van der Waals surface area contributed by atoms with E-state index in [4.69, 9.17) is 33.1 Å². The minimum Gasteiger partial charge on any atom is -0.456 e. The van der Waals surface area contributed by atoms with Crippen LogP contribution in [0.15, 0.2) is 71.6 Å². The van der Waals surface area contributed by atoms with Crippen molar-refractivity contribution >= 4 is 44.6 Å². The minimum atomic E-state index is -3.78. The molecule has 4 nitrogen and oxygen atoms in total. The fraction of sp³-hybridized carbons (Fsp3) is 0.0476. The van der Waals surface area contributed by atoms with E-state index in [1.165, 1.54) is 12.1 Å². The summed E-state index contributed by atoms with van der Waals surface area (Å²) in [4.78, 5) is 0.0328. The van der Waals surface area contributed by atoms with E-state index in [0.29, 0.717) is 33.4 Å². The van der Waals surface area contributed by atoms with Crippen LogP contribution in [0, 0.1) is 0 Å². The van der Waals surface area contributed by atoms with Crippen molar-refractivity contribution in [2.24, 2.45) is 5.14 Å².